The van der Waals surface area contributed by atoms with Crippen LogP contribution in [-0.2, 0) is 11.3 Å². The second kappa shape index (κ2) is 6.71. The summed E-state index contributed by atoms with van der Waals surface area (Å²) in [4.78, 5) is 11.9. The third kappa shape index (κ3) is 3.93. The molecule has 0 bridgehead atoms. The first-order chi connectivity index (χ1) is 9.29. The Morgan fingerprint density at radius 1 is 1.05 bits per heavy atom. The van der Waals surface area contributed by atoms with Gasteiger partial charge in [-0.05, 0) is 17.7 Å². The maximum absolute atomic E-state index is 11.9. The summed E-state index contributed by atoms with van der Waals surface area (Å²) in [6, 6.07) is 16.7. The number of ketones is 1. The predicted octanol–water partition coefficient (Wildman–Crippen LogP) is 3.09. The highest BCUT2D eigenvalue weighted by Crippen LogP contribution is 2.14. The lowest BCUT2D eigenvalue weighted by molar-refractivity contribution is 0.0921. The van der Waals surface area contributed by atoms with Gasteiger partial charge in [0.1, 0.15) is 5.75 Å². The van der Waals surface area contributed by atoms with Crippen LogP contribution in [0.15, 0.2) is 54.6 Å². The van der Waals surface area contributed by atoms with Gasteiger partial charge < -0.3 is 9.47 Å². The maximum atomic E-state index is 11.9. The first-order valence-corrected chi connectivity index (χ1v) is 6.08. The minimum Gasteiger partial charge on any atom is -0.485 e. The lowest BCUT2D eigenvalue weighted by Crippen LogP contribution is -2.11. The largest absolute Gasteiger partial charge is 0.485 e. The number of benzene rings is 2. The summed E-state index contributed by atoms with van der Waals surface area (Å²) in [5, 5.41) is 0. The smallest absolute Gasteiger partial charge is 0.200 e. The van der Waals surface area contributed by atoms with Crippen molar-refractivity contribution in [3.05, 3.63) is 65.7 Å². The molecule has 19 heavy (non-hydrogen) atoms. The number of hydrogen-bond acceptors (Lipinski definition) is 3. The van der Waals surface area contributed by atoms with Crippen LogP contribution in [0.3, 0.4) is 0 Å². The second-order valence-corrected chi connectivity index (χ2v) is 4.16. The highest BCUT2D eigenvalue weighted by molar-refractivity contribution is 5.97. The van der Waals surface area contributed by atoms with Crippen LogP contribution in [0.4, 0.5) is 0 Å². The molecule has 0 aliphatic heterocycles. The van der Waals surface area contributed by atoms with E-state index in [2.05, 4.69) is 0 Å². The first-order valence-electron chi connectivity index (χ1n) is 6.08. The Kier molecular flexibility index (Phi) is 4.70. The quantitative estimate of drug-likeness (QED) is 0.745. The summed E-state index contributed by atoms with van der Waals surface area (Å²) in [6.07, 6.45) is 0. The molecule has 3 heteroatoms. The van der Waals surface area contributed by atoms with Crippen molar-refractivity contribution in [2.45, 2.75) is 6.61 Å². The predicted molar refractivity (Wildman–Crippen MR) is 73.4 cm³/mol. The van der Waals surface area contributed by atoms with Crippen LogP contribution in [0.5, 0.6) is 5.75 Å². The maximum Gasteiger partial charge on any atom is 0.200 e. The summed E-state index contributed by atoms with van der Waals surface area (Å²) >= 11 is 0. The van der Waals surface area contributed by atoms with E-state index in [0.717, 1.165) is 5.56 Å². The molecule has 0 aromatic heterocycles. The monoisotopic (exact) mass is 256 g/mol. The molecule has 0 radical (unpaired) electrons. The third-order valence-corrected chi connectivity index (χ3v) is 2.68. The van der Waals surface area contributed by atoms with E-state index in [1.807, 2.05) is 42.5 Å². The van der Waals surface area contributed by atoms with Gasteiger partial charge in [0.05, 0.1) is 6.61 Å². The SMILES string of the molecule is COCc1cccc(OCC(=O)c2ccccc2)c1. The minimum absolute atomic E-state index is 0.0299. The summed E-state index contributed by atoms with van der Waals surface area (Å²) in [5.74, 6) is 0.650. The molecule has 0 unspecified atom stereocenters. The molecule has 0 fully saturated rings. The van der Waals surface area contributed by atoms with Crippen molar-refractivity contribution in [2.24, 2.45) is 0 Å². The van der Waals surface area contributed by atoms with E-state index in [0.29, 0.717) is 17.9 Å². The number of methoxy groups -OCH3 is 1. The van der Waals surface area contributed by atoms with Crippen molar-refractivity contribution < 1.29 is 14.3 Å². The van der Waals surface area contributed by atoms with E-state index in [1.165, 1.54) is 0 Å². The Bertz CT molecular complexity index is 535. The lowest BCUT2D eigenvalue weighted by atomic mass is 10.1. The lowest BCUT2D eigenvalue weighted by Gasteiger charge is -2.07. The zero-order valence-corrected chi connectivity index (χ0v) is 10.8. The molecular formula is C16H16O3. The zero-order valence-electron chi connectivity index (χ0n) is 10.8. The van der Waals surface area contributed by atoms with Gasteiger partial charge >= 0.3 is 0 Å². The molecule has 0 spiro atoms. The highest BCUT2D eigenvalue weighted by Gasteiger charge is 2.06. The molecule has 0 N–H and O–H groups in total. The highest BCUT2D eigenvalue weighted by atomic mass is 16.5. The molecule has 0 aliphatic carbocycles. The van der Waals surface area contributed by atoms with Crippen molar-refractivity contribution in [3.8, 4) is 5.75 Å². The summed E-state index contributed by atoms with van der Waals surface area (Å²) < 4.78 is 10.6. The number of ether oxygens (including phenoxy) is 2. The molecule has 0 aliphatic rings. The molecule has 98 valence electrons. The van der Waals surface area contributed by atoms with E-state index in [4.69, 9.17) is 9.47 Å². The zero-order chi connectivity index (χ0) is 13.5. The fourth-order valence-electron chi connectivity index (χ4n) is 1.75. The van der Waals surface area contributed by atoms with E-state index in [1.54, 1.807) is 19.2 Å². The molecular weight excluding hydrogens is 240 g/mol. The molecule has 0 saturated carbocycles. The van der Waals surface area contributed by atoms with Crippen LogP contribution >= 0.6 is 0 Å². The Labute approximate surface area is 112 Å². The fraction of sp³-hybridized carbons (Fsp3) is 0.188. The van der Waals surface area contributed by atoms with Crippen LogP contribution in [0, 0.1) is 0 Å². The Balaban J connectivity index is 1.95. The van der Waals surface area contributed by atoms with Gasteiger partial charge in [-0.25, -0.2) is 0 Å². The van der Waals surface area contributed by atoms with Crippen molar-refractivity contribution >= 4 is 5.78 Å². The van der Waals surface area contributed by atoms with Gasteiger partial charge in [0.2, 0.25) is 0 Å². The standard InChI is InChI=1S/C16H16O3/c1-18-11-13-6-5-9-15(10-13)19-12-16(17)14-7-3-2-4-8-14/h2-10H,11-12H2,1H3. The van der Waals surface area contributed by atoms with Gasteiger partial charge in [-0.1, -0.05) is 42.5 Å². The summed E-state index contributed by atoms with van der Waals surface area (Å²) in [6.45, 7) is 0.574. The molecule has 0 saturated heterocycles. The summed E-state index contributed by atoms with van der Waals surface area (Å²) in [5.41, 5.74) is 1.68. The molecule has 0 heterocycles. The Morgan fingerprint density at radius 2 is 1.84 bits per heavy atom. The van der Waals surface area contributed by atoms with Crippen molar-refractivity contribution in [1.29, 1.82) is 0 Å². The van der Waals surface area contributed by atoms with Gasteiger partial charge in [0.25, 0.3) is 0 Å². The van der Waals surface area contributed by atoms with Gasteiger partial charge in [-0.3, -0.25) is 4.79 Å². The molecule has 2 rings (SSSR count). The Morgan fingerprint density at radius 3 is 2.58 bits per heavy atom. The topological polar surface area (TPSA) is 35.5 Å². The third-order valence-electron chi connectivity index (χ3n) is 2.68. The van der Waals surface area contributed by atoms with Crippen molar-refractivity contribution in [3.63, 3.8) is 0 Å². The van der Waals surface area contributed by atoms with E-state index in [9.17, 15) is 4.79 Å². The van der Waals surface area contributed by atoms with Gasteiger partial charge in [0, 0.05) is 12.7 Å². The first kappa shape index (κ1) is 13.3. The molecule has 0 amide bonds. The fourth-order valence-corrected chi connectivity index (χ4v) is 1.75. The minimum atomic E-state index is -0.0299. The van der Waals surface area contributed by atoms with Gasteiger partial charge in [-0.15, -0.1) is 0 Å². The Hall–Kier alpha value is -2.13. The van der Waals surface area contributed by atoms with E-state index < -0.39 is 0 Å². The average molecular weight is 256 g/mol. The van der Waals surface area contributed by atoms with E-state index >= 15 is 0 Å². The normalized spacial score (nSPS) is 10.2. The number of carbonyl (C=O) groups is 1. The van der Waals surface area contributed by atoms with Gasteiger partial charge in [0.15, 0.2) is 12.4 Å². The van der Waals surface area contributed by atoms with Crippen LogP contribution < -0.4 is 4.74 Å². The average Bonchev–Trinajstić information content (AvgIpc) is 2.46. The molecule has 2 aromatic rings. The van der Waals surface area contributed by atoms with Crippen LogP contribution in [0.25, 0.3) is 0 Å². The molecule has 3 nitrogen and oxygen atoms in total. The summed E-state index contributed by atoms with van der Waals surface area (Å²) in [7, 11) is 1.65. The molecule has 0 atom stereocenters. The van der Waals surface area contributed by atoms with Crippen molar-refractivity contribution in [1.82, 2.24) is 0 Å². The number of Topliss-reactive ketones (excluding diaryl/α,β-unsaturated/α-hetero) is 1. The van der Waals surface area contributed by atoms with Crippen LogP contribution in [0.1, 0.15) is 15.9 Å². The van der Waals surface area contributed by atoms with Crippen LogP contribution in [0.2, 0.25) is 0 Å². The number of rotatable bonds is 6. The second-order valence-electron chi connectivity index (χ2n) is 4.16. The van der Waals surface area contributed by atoms with E-state index in [-0.39, 0.29) is 12.4 Å². The number of carbonyl (C=O) groups excluding carboxylic acids is 1. The number of hydrogen-bond donors (Lipinski definition) is 0. The van der Waals surface area contributed by atoms with Gasteiger partial charge in [-0.2, -0.15) is 0 Å². The molecule has 2 aromatic carbocycles. The van der Waals surface area contributed by atoms with Crippen LogP contribution in [-0.4, -0.2) is 19.5 Å². The van der Waals surface area contributed by atoms with Crippen molar-refractivity contribution in [2.75, 3.05) is 13.7 Å².